The van der Waals surface area contributed by atoms with Gasteiger partial charge >= 0.3 is 0 Å². The van der Waals surface area contributed by atoms with Crippen LogP contribution in [0.5, 0.6) is 11.5 Å². The van der Waals surface area contributed by atoms with Crippen molar-refractivity contribution >= 4 is 0 Å². The van der Waals surface area contributed by atoms with Gasteiger partial charge in [0.25, 0.3) is 0 Å². The molecule has 1 heterocycles. The Morgan fingerprint density at radius 3 is 2.68 bits per heavy atom. The van der Waals surface area contributed by atoms with Crippen molar-refractivity contribution in [2.24, 2.45) is 5.92 Å². The number of phenols is 1. The molecule has 1 aromatic rings. The van der Waals surface area contributed by atoms with Gasteiger partial charge in [-0.3, -0.25) is 4.90 Å². The predicted octanol–water partition coefficient (Wildman–Crippen LogP) is 2.93. The molecule has 2 N–H and O–H groups in total. The van der Waals surface area contributed by atoms with Gasteiger partial charge in [0.2, 0.25) is 0 Å². The van der Waals surface area contributed by atoms with E-state index in [9.17, 15) is 5.11 Å². The highest BCUT2D eigenvalue weighted by atomic mass is 16.5. The smallest absolute Gasteiger partial charge is 0.162 e. The zero-order chi connectivity index (χ0) is 15.4. The monoisotopic (exact) mass is 304 g/mol. The maximum Gasteiger partial charge on any atom is 0.162 e. The molecular formula is C18H28N2O2. The first-order valence-electron chi connectivity index (χ1n) is 8.70. The summed E-state index contributed by atoms with van der Waals surface area (Å²) in [4.78, 5) is 2.55. The molecule has 122 valence electrons. The third-order valence-electron chi connectivity index (χ3n) is 5.04. The van der Waals surface area contributed by atoms with Crippen molar-refractivity contribution in [2.75, 3.05) is 32.8 Å². The topological polar surface area (TPSA) is 44.7 Å². The van der Waals surface area contributed by atoms with Crippen molar-refractivity contribution in [2.45, 2.75) is 38.6 Å². The van der Waals surface area contributed by atoms with Gasteiger partial charge in [0.05, 0.1) is 6.61 Å². The number of ether oxygens (including phenoxy) is 1. The van der Waals surface area contributed by atoms with Crippen LogP contribution < -0.4 is 10.1 Å². The van der Waals surface area contributed by atoms with E-state index in [1.165, 1.54) is 25.7 Å². The first-order chi connectivity index (χ1) is 10.8. The number of piperazine rings is 1. The number of phenolic OH excluding ortho intramolecular Hbond substituents is 1. The molecule has 1 aliphatic carbocycles. The molecule has 1 aliphatic heterocycles. The summed E-state index contributed by atoms with van der Waals surface area (Å²) in [6.45, 7) is 6.72. The van der Waals surface area contributed by atoms with E-state index in [1.807, 2.05) is 19.1 Å². The van der Waals surface area contributed by atoms with Crippen LogP contribution in [0, 0.1) is 5.92 Å². The molecule has 1 atom stereocenters. The molecule has 0 amide bonds. The Balaban J connectivity index is 1.92. The lowest BCUT2D eigenvalue weighted by atomic mass is 9.89. The van der Waals surface area contributed by atoms with Crippen LogP contribution in [0.2, 0.25) is 0 Å². The van der Waals surface area contributed by atoms with E-state index in [0.717, 1.165) is 31.7 Å². The maximum absolute atomic E-state index is 10.7. The van der Waals surface area contributed by atoms with E-state index in [0.29, 0.717) is 30.1 Å². The minimum absolute atomic E-state index is 0.324. The number of hydrogen-bond acceptors (Lipinski definition) is 4. The first kappa shape index (κ1) is 15.6. The van der Waals surface area contributed by atoms with Crippen LogP contribution in [0.15, 0.2) is 18.2 Å². The quantitative estimate of drug-likeness (QED) is 0.878. The fourth-order valence-electron chi connectivity index (χ4n) is 4.03. The van der Waals surface area contributed by atoms with Gasteiger partial charge < -0.3 is 15.2 Å². The van der Waals surface area contributed by atoms with E-state index in [1.54, 1.807) is 0 Å². The fraction of sp³-hybridized carbons (Fsp3) is 0.667. The molecule has 22 heavy (non-hydrogen) atoms. The van der Waals surface area contributed by atoms with E-state index >= 15 is 0 Å². The third kappa shape index (κ3) is 3.23. The second-order valence-electron chi connectivity index (χ2n) is 6.40. The first-order valence-corrected chi connectivity index (χ1v) is 8.70. The Kier molecular flexibility index (Phi) is 5.21. The Bertz CT molecular complexity index is 480. The van der Waals surface area contributed by atoms with Gasteiger partial charge in [-0.25, -0.2) is 0 Å². The number of para-hydroxylation sites is 1. The summed E-state index contributed by atoms with van der Waals surface area (Å²) in [6, 6.07) is 6.30. The normalized spacial score (nSPS) is 21.9. The number of rotatable bonds is 5. The molecule has 4 nitrogen and oxygen atoms in total. The molecule has 1 saturated heterocycles. The van der Waals surface area contributed by atoms with E-state index < -0.39 is 0 Å². The highest BCUT2D eigenvalue weighted by molar-refractivity contribution is 5.47. The van der Waals surface area contributed by atoms with Crippen molar-refractivity contribution in [1.82, 2.24) is 10.2 Å². The Hall–Kier alpha value is -1.26. The number of hydrogen-bond donors (Lipinski definition) is 2. The highest BCUT2D eigenvalue weighted by Gasteiger charge is 2.34. The van der Waals surface area contributed by atoms with Crippen LogP contribution in [0.25, 0.3) is 0 Å². The van der Waals surface area contributed by atoms with Gasteiger partial charge in [-0.15, -0.1) is 0 Å². The molecule has 0 unspecified atom stereocenters. The zero-order valence-corrected chi connectivity index (χ0v) is 13.6. The van der Waals surface area contributed by atoms with Crippen LogP contribution in [-0.4, -0.2) is 42.8 Å². The van der Waals surface area contributed by atoms with Gasteiger partial charge in [-0.05, 0) is 31.7 Å². The van der Waals surface area contributed by atoms with Gasteiger partial charge in [-0.1, -0.05) is 25.0 Å². The average molecular weight is 304 g/mol. The highest BCUT2D eigenvalue weighted by Crippen LogP contribution is 2.44. The third-order valence-corrected chi connectivity index (χ3v) is 5.04. The van der Waals surface area contributed by atoms with Crippen LogP contribution in [0.3, 0.4) is 0 Å². The van der Waals surface area contributed by atoms with Gasteiger partial charge in [0.15, 0.2) is 11.5 Å². The lowest BCUT2D eigenvalue weighted by molar-refractivity contribution is 0.123. The minimum Gasteiger partial charge on any atom is -0.504 e. The standard InChI is InChI=1S/C18H28N2O2/c1-2-22-16-9-5-8-15(18(16)21)17(14-6-3-4-7-14)20-12-10-19-11-13-20/h5,8-9,14,17,19,21H,2-4,6-7,10-13H2,1H3/t17-/m1/s1. The van der Waals surface area contributed by atoms with Gasteiger partial charge in [0, 0.05) is 37.8 Å². The largest absolute Gasteiger partial charge is 0.504 e. The van der Waals surface area contributed by atoms with Crippen molar-refractivity contribution in [3.63, 3.8) is 0 Å². The molecule has 0 bridgehead atoms. The summed E-state index contributed by atoms with van der Waals surface area (Å²) >= 11 is 0. The molecule has 1 saturated carbocycles. The second-order valence-corrected chi connectivity index (χ2v) is 6.40. The van der Waals surface area contributed by atoms with Crippen LogP contribution in [0.1, 0.15) is 44.2 Å². The molecule has 0 spiro atoms. The molecule has 4 heteroatoms. The van der Waals surface area contributed by atoms with E-state index in [4.69, 9.17) is 4.74 Å². The van der Waals surface area contributed by atoms with E-state index in [2.05, 4.69) is 16.3 Å². The molecule has 2 fully saturated rings. The van der Waals surface area contributed by atoms with Crippen molar-refractivity contribution in [3.05, 3.63) is 23.8 Å². The Labute approximate surface area is 133 Å². The molecule has 2 aliphatic rings. The number of nitrogens with zero attached hydrogens (tertiary/aromatic N) is 1. The number of nitrogens with one attached hydrogen (secondary N) is 1. The fourth-order valence-corrected chi connectivity index (χ4v) is 4.03. The Morgan fingerprint density at radius 1 is 1.27 bits per heavy atom. The molecule has 3 rings (SSSR count). The van der Waals surface area contributed by atoms with Crippen molar-refractivity contribution in [3.8, 4) is 11.5 Å². The predicted molar refractivity (Wildman–Crippen MR) is 88.4 cm³/mol. The van der Waals surface area contributed by atoms with Crippen LogP contribution in [0.4, 0.5) is 0 Å². The van der Waals surface area contributed by atoms with E-state index in [-0.39, 0.29) is 0 Å². The van der Waals surface area contributed by atoms with Gasteiger partial charge in [-0.2, -0.15) is 0 Å². The molecular weight excluding hydrogens is 276 g/mol. The summed E-state index contributed by atoms with van der Waals surface area (Å²) in [5.41, 5.74) is 1.06. The number of benzene rings is 1. The molecule has 0 aromatic heterocycles. The molecule has 1 aromatic carbocycles. The van der Waals surface area contributed by atoms with Crippen LogP contribution in [-0.2, 0) is 0 Å². The van der Waals surface area contributed by atoms with Crippen molar-refractivity contribution < 1.29 is 9.84 Å². The summed E-state index contributed by atoms with van der Waals surface area (Å²) in [5, 5.41) is 14.1. The van der Waals surface area contributed by atoms with Crippen LogP contribution >= 0.6 is 0 Å². The summed E-state index contributed by atoms with van der Waals surface area (Å²) in [6.07, 6.45) is 5.18. The lowest BCUT2D eigenvalue weighted by Crippen LogP contribution is -2.46. The lowest BCUT2D eigenvalue weighted by Gasteiger charge is -2.39. The Morgan fingerprint density at radius 2 is 2.00 bits per heavy atom. The van der Waals surface area contributed by atoms with Gasteiger partial charge in [0.1, 0.15) is 0 Å². The second kappa shape index (κ2) is 7.34. The zero-order valence-electron chi connectivity index (χ0n) is 13.6. The average Bonchev–Trinajstić information content (AvgIpc) is 3.06. The molecule has 0 radical (unpaired) electrons. The number of aromatic hydroxyl groups is 1. The summed E-state index contributed by atoms with van der Waals surface area (Å²) < 4.78 is 5.60. The minimum atomic E-state index is 0.324. The SMILES string of the molecule is CCOc1cccc([C@@H](C2CCCC2)N2CCNCC2)c1O. The van der Waals surface area contributed by atoms with Crippen molar-refractivity contribution in [1.29, 1.82) is 0 Å². The maximum atomic E-state index is 10.7. The summed E-state index contributed by atoms with van der Waals surface area (Å²) in [7, 11) is 0. The summed E-state index contributed by atoms with van der Waals surface area (Å²) in [5.74, 6) is 1.62.